The van der Waals surface area contributed by atoms with E-state index in [2.05, 4.69) is 5.32 Å². The second kappa shape index (κ2) is 4.55. The Morgan fingerprint density at radius 3 is 2.57 bits per heavy atom. The first-order chi connectivity index (χ1) is 10.1. The average Bonchev–Trinajstić information content (AvgIpc) is 2.98. The fraction of sp³-hybridized carbons (Fsp3) is 0.733. The minimum atomic E-state index is -0.700. The third-order valence-electron chi connectivity index (χ3n) is 5.22. The van der Waals surface area contributed by atoms with Crippen LogP contribution in [0.2, 0.25) is 0 Å². The maximum absolute atomic E-state index is 13.0. The van der Waals surface area contributed by atoms with E-state index in [1.54, 1.807) is 11.8 Å². The molecular weight excluding hydrogens is 272 g/mol. The topological polar surface area (TPSA) is 67.9 Å². The van der Waals surface area contributed by atoms with Crippen LogP contribution >= 0.6 is 0 Å². The molecule has 0 radical (unpaired) electrons. The summed E-state index contributed by atoms with van der Waals surface area (Å²) < 4.78 is 11.0. The van der Waals surface area contributed by atoms with Crippen molar-refractivity contribution in [1.82, 2.24) is 10.2 Å². The van der Waals surface area contributed by atoms with Crippen LogP contribution in [0.5, 0.6) is 0 Å². The summed E-state index contributed by atoms with van der Waals surface area (Å²) >= 11 is 0. The van der Waals surface area contributed by atoms with Crippen molar-refractivity contribution in [2.45, 2.75) is 50.3 Å². The van der Waals surface area contributed by atoms with Crippen LogP contribution in [0.15, 0.2) is 11.3 Å². The molecule has 4 rings (SSSR count). The van der Waals surface area contributed by atoms with E-state index in [1.807, 2.05) is 0 Å². The zero-order valence-corrected chi connectivity index (χ0v) is 12.2. The largest absolute Gasteiger partial charge is 0.456 e. The average molecular weight is 292 g/mol. The molecule has 0 aromatic rings. The third kappa shape index (κ3) is 1.92. The second-order valence-corrected chi connectivity index (χ2v) is 6.49. The lowest BCUT2D eigenvalue weighted by Crippen LogP contribution is -2.62. The Hall–Kier alpha value is -1.40. The predicted octanol–water partition coefficient (Wildman–Crippen LogP) is 0.329. The molecule has 4 heterocycles. The fourth-order valence-corrected chi connectivity index (χ4v) is 4.14. The third-order valence-corrected chi connectivity index (χ3v) is 5.22. The molecule has 0 aromatic heterocycles. The number of hydrogen-bond acceptors (Lipinski definition) is 5. The first-order valence-electron chi connectivity index (χ1n) is 7.68. The van der Waals surface area contributed by atoms with Gasteiger partial charge in [0.1, 0.15) is 12.2 Å². The van der Waals surface area contributed by atoms with Gasteiger partial charge in [-0.15, -0.1) is 0 Å². The molecular formula is C15H20N2O4. The van der Waals surface area contributed by atoms with Crippen molar-refractivity contribution in [1.29, 1.82) is 0 Å². The van der Waals surface area contributed by atoms with Gasteiger partial charge in [-0.3, -0.25) is 4.79 Å². The molecule has 1 spiro atoms. The standard InChI is InChI=1S/C15H20N2O4/c1-9-12(8-20-13(9)18)17-4-5-21-15(14(17)19)6-10-2-3-11(7-15)16-10/h10-11,16H,2-8H2,1H3. The van der Waals surface area contributed by atoms with E-state index in [4.69, 9.17) is 9.47 Å². The smallest absolute Gasteiger partial charge is 0.336 e. The van der Waals surface area contributed by atoms with Crippen LogP contribution in [0.25, 0.3) is 0 Å². The van der Waals surface area contributed by atoms with E-state index >= 15 is 0 Å². The maximum Gasteiger partial charge on any atom is 0.336 e. The molecule has 6 nitrogen and oxygen atoms in total. The Morgan fingerprint density at radius 2 is 1.95 bits per heavy atom. The molecule has 0 aromatic carbocycles. The number of cyclic esters (lactones) is 1. The van der Waals surface area contributed by atoms with Crippen LogP contribution in [0.1, 0.15) is 32.6 Å². The van der Waals surface area contributed by atoms with Crippen molar-refractivity contribution in [2.75, 3.05) is 19.8 Å². The van der Waals surface area contributed by atoms with Gasteiger partial charge in [0, 0.05) is 31.5 Å². The van der Waals surface area contributed by atoms with Crippen LogP contribution in [0.4, 0.5) is 0 Å². The number of hydrogen-bond donors (Lipinski definition) is 1. The SMILES string of the molecule is CC1=C(N2CCOC3(CC4CCC(C3)N4)C2=O)COC1=O. The van der Waals surface area contributed by atoms with Crippen LogP contribution in [0, 0.1) is 0 Å². The van der Waals surface area contributed by atoms with Gasteiger partial charge in [0.05, 0.1) is 17.9 Å². The molecule has 4 aliphatic heterocycles. The number of fused-ring (bicyclic) bond motifs is 2. The molecule has 1 N–H and O–H groups in total. The maximum atomic E-state index is 13.0. The minimum absolute atomic E-state index is 0.0137. The fourth-order valence-electron chi connectivity index (χ4n) is 4.14. The zero-order chi connectivity index (χ0) is 14.6. The highest BCUT2D eigenvalue weighted by molar-refractivity contribution is 5.94. The Labute approximate surface area is 123 Å². The van der Waals surface area contributed by atoms with Crippen molar-refractivity contribution in [3.8, 4) is 0 Å². The summed E-state index contributed by atoms with van der Waals surface area (Å²) in [6.45, 7) is 2.96. The second-order valence-electron chi connectivity index (χ2n) is 6.49. The van der Waals surface area contributed by atoms with Crippen LogP contribution in [-0.2, 0) is 19.1 Å². The lowest BCUT2D eigenvalue weighted by Gasteiger charge is -2.46. The molecule has 3 fully saturated rings. The number of esters is 1. The lowest BCUT2D eigenvalue weighted by molar-refractivity contribution is -0.176. The molecule has 4 aliphatic rings. The molecule has 1 amide bonds. The van der Waals surface area contributed by atoms with Gasteiger partial charge in [0.25, 0.3) is 5.91 Å². The highest BCUT2D eigenvalue weighted by Crippen LogP contribution is 2.40. The lowest BCUT2D eigenvalue weighted by atomic mass is 9.84. The molecule has 114 valence electrons. The van der Waals surface area contributed by atoms with E-state index < -0.39 is 5.60 Å². The van der Waals surface area contributed by atoms with Gasteiger partial charge in [-0.1, -0.05) is 0 Å². The zero-order valence-electron chi connectivity index (χ0n) is 12.2. The molecule has 0 aliphatic carbocycles. The van der Waals surface area contributed by atoms with Crippen molar-refractivity contribution >= 4 is 11.9 Å². The Kier molecular flexibility index (Phi) is 2.87. The summed E-state index contributed by atoms with van der Waals surface area (Å²) in [6.07, 6.45) is 3.71. The quantitative estimate of drug-likeness (QED) is 0.705. The highest BCUT2D eigenvalue weighted by Gasteiger charge is 2.53. The van der Waals surface area contributed by atoms with Crippen molar-refractivity contribution in [3.05, 3.63) is 11.3 Å². The van der Waals surface area contributed by atoms with Crippen LogP contribution < -0.4 is 5.32 Å². The summed E-state index contributed by atoms with van der Waals surface area (Å²) in [7, 11) is 0. The van der Waals surface area contributed by atoms with E-state index in [0.717, 1.165) is 31.4 Å². The van der Waals surface area contributed by atoms with Gasteiger partial charge in [0.2, 0.25) is 0 Å². The molecule has 2 bridgehead atoms. The van der Waals surface area contributed by atoms with Gasteiger partial charge < -0.3 is 19.7 Å². The monoisotopic (exact) mass is 292 g/mol. The molecule has 6 heteroatoms. The highest BCUT2D eigenvalue weighted by atomic mass is 16.5. The number of rotatable bonds is 1. The predicted molar refractivity (Wildman–Crippen MR) is 73.2 cm³/mol. The van der Waals surface area contributed by atoms with Crippen molar-refractivity contribution in [3.63, 3.8) is 0 Å². The number of piperidine rings is 1. The first-order valence-corrected chi connectivity index (χ1v) is 7.68. The summed E-state index contributed by atoms with van der Waals surface area (Å²) in [5.41, 5.74) is 0.574. The summed E-state index contributed by atoms with van der Waals surface area (Å²) in [5.74, 6) is -0.302. The number of morpholine rings is 1. The van der Waals surface area contributed by atoms with Gasteiger partial charge in [-0.25, -0.2) is 4.79 Å². The van der Waals surface area contributed by atoms with Gasteiger partial charge >= 0.3 is 5.97 Å². The van der Waals surface area contributed by atoms with Gasteiger partial charge in [-0.05, 0) is 19.8 Å². The molecule has 2 atom stereocenters. The normalized spacial score (nSPS) is 39.4. The van der Waals surface area contributed by atoms with Crippen molar-refractivity contribution in [2.24, 2.45) is 0 Å². The van der Waals surface area contributed by atoms with E-state index in [1.165, 1.54) is 0 Å². The number of carbonyl (C=O) groups is 2. The molecule has 21 heavy (non-hydrogen) atoms. The van der Waals surface area contributed by atoms with Crippen LogP contribution in [0.3, 0.4) is 0 Å². The Morgan fingerprint density at radius 1 is 1.24 bits per heavy atom. The summed E-state index contributed by atoms with van der Waals surface area (Å²) in [4.78, 5) is 26.3. The van der Waals surface area contributed by atoms with Gasteiger partial charge in [-0.2, -0.15) is 0 Å². The molecule has 3 saturated heterocycles. The summed E-state index contributed by atoms with van der Waals surface area (Å²) in [6, 6.07) is 0.758. The number of carbonyl (C=O) groups excluding carboxylic acids is 2. The van der Waals surface area contributed by atoms with Crippen molar-refractivity contribution < 1.29 is 19.1 Å². The van der Waals surface area contributed by atoms with E-state index in [9.17, 15) is 9.59 Å². The molecule has 0 saturated carbocycles. The van der Waals surface area contributed by atoms with Crippen LogP contribution in [-0.4, -0.2) is 54.2 Å². The Balaban J connectivity index is 1.64. The van der Waals surface area contributed by atoms with E-state index in [-0.39, 0.29) is 18.5 Å². The number of nitrogens with one attached hydrogen (secondary N) is 1. The Bertz CT molecular complexity index is 530. The summed E-state index contributed by atoms with van der Waals surface area (Å²) in [5, 5.41) is 3.54. The number of nitrogens with zero attached hydrogens (tertiary/aromatic N) is 1. The van der Waals surface area contributed by atoms with E-state index in [0.29, 0.717) is 30.8 Å². The minimum Gasteiger partial charge on any atom is -0.456 e. The number of ether oxygens (including phenoxy) is 2. The van der Waals surface area contributed by atoms with Gasteiger partial charge in [0.15, 0.2) is 0 Å². The molecule has 2 unspecified atom stereocenters. The first kappa shape index (κ1) is 13.3. The number of amides is 1.